The molecule has 0 spiro atoms. The van der Waals surface area contributed by atoms with Crippen molar-refractivity contribution in [2.24, 2.45) is 17.8 Å². The molecule has 2 fully saturated rings. The van der Waals surface area contributed by atoms with Gasteiger partial charge < -0.3 is 0 Å². The Labute approximate surface area is 330 Å². The third kappa shape index (κ3) is 6.13. The minimum atomic E-state index is -0.00251. The SMILES string of the molecule is C[C@@H]1C[C@@H]2C[C@H](C)CC(c3ccc(-c4nc(-c5ccc(-c6ccccc6)cc5)nc(-c5ccc6c(c5)C(c5ccccc5)c5cc(C#N)ccc5-6)n4)cc3)(C1)C2. The number of nitriles is 1. The number of aromatic nitrogens is 3. The molecule has 0 aliphatic heterocycles. The molecule has 56 heavy (non-hydrogen) atoms. The summed E-state index contributed by atoms with van der Waals surface area (Å²) in [7, 11) is 0. The van der Waals surface area contributed by atoms with Crippen LogP contribution in [0.15, 0.2) is 146 Å². The molecule has 2 saturated carbocycles. The van der Waals surface area contributed by atoms with Crippen LogP contribution < -0.4 is 0 Å². The second-order valence-corrected chi connectivity index (χ2v) is 16.8. The van der Waals surface area contributed by atoms with Crippen molar-refractivity contribution < 1.29 is 0 Å². The number of rotatable bonds is 6. The first-order chi connectivity index (χ1) is 27.4. The van der Waals surface area contributed by atoms with E-state index in [4.69, 9.17) is 15.0 Å². The molecule has 1 aromatic heterocycles. The minimum Gasteiger partial charge on any atom is -0.208 e. The van der Waals surface area contributed by atoms with Crippen LogP contribution in [0, 0.1) is 29.1 Å². The summed E-state index contributed by atoms with van der Waals surface area (Å²) in [6.07, 6.45) is 6.60. The quantitative estimate of drug-likeness (QED) is 0.171. The third-order valence-electron chi connectivity index (χ3n) is 12.8. The average molecular weight is 725 g/mol. The normalized spacial score (nSPS) is 22.2. The van der Waals surface area contributed by atoms with E-state index in [1.165, 1.54) is 65.5 Å². The fourth-order valence-corrected chi connectivity index (χ4v) is 10.7. The fraction of sp³-hybridized carbons (Fsp3) is 0.231. The predicted octanol–water partition coefficient (Wildman–Crippen LogP) is 12.7. The molecular weight excluding hydrogens is 681 g/mol. The smallest absolute Gasteiger partial charge is 0.164 e. The lowest BCUT2D eigenvalue weighted by Crippen LogP contribution is -2.42. The number of fused-ring (bicyclic) bond motifs is 5. The molecule has 10 rings (SSSR count). The Morgan fingerprint density at radius 1 is 0.518 bits per heavy atom. The van der Waals surface area contributed by atoms with E-state index < -0.39 is 0 Å². The van der Waals surface area contributed by atoms with Gasteiger partial charge in [0.2, 0.25) is 0 Å². The van der Waals surface area contributed by atoms with Crippen molar-refractivity contribution in [1.29, 1.82) is 5.26 Å². The fourth-order valence-electron chi connectivity index (χ4n) is 10.7. The lowest BCUT2D eigenvalue weighted by Gasteiger charge is -2.50. The Morgan fingerprint density at radius 2 is 1.02 bits per heavy atom. The van der Waals surface area contributed by atoms with E-state index in [1.54, 1.807) is 0 Å². The van der Waals surface area contributed by atoms with Crippen molar-refractivity contribution in [2.75, 3.05) is 0 Å². The Bertz CT molecular complexity index is 2590. The number of hydrogen-bond donors (Lipinski definition) is 0. The Morgan fingerprint density at radius 3 is 1.64 bits per heavy atom. The zero-order valence-corrected chi connectivity index (χ0v) is 32.0. The minimum absolute atomic E-state index is 0.00251. The van der Waals surface area contributed by atoms with Crippen LogP contribution >= 0.6 is 0 Å². The van der Waals surface area contributed by atoms with Crippen molar-refractivity contribution in [2.45, 2.75) is 57.3 Å². The van der Waals surface area contributed by atoms with Gasteiger partial charge in [-0.1, -0.05) is 141 Å². The summed E-state index contributed by atoms with van der Waals surface area (Å²) < 4.78 is 0. The molecule has 2 unspecified atom stereocenters. The Kier molecular flexibility index (Phi) is 8.48. The summed E-state index contributed by atoms with van der Waals surface area (Å²) in [4.78, 5) is 15.6. The van der Waals surface area contributed by atoms with Crippen LogP contribution in [0.4, 0.5) is 0 Å². The molecule has 0 radical (unpaired) electrons. The molecule has 4 heteroatoms. The zero-order valence-electron chi connectivity index (χ0n) is 32.0. The monoisotopic (exact) mass is 724 g/mol. The lowest BCUT2D eigenvalue weighted by atomic mass is 9.54. The van der Waals surface area contributed by atoms with Crippen molar-refractivity contribution >= 4 is 0 Å². The standard InChI is InChI=1S/C52H44N4/c1-33-25-36-26-34(2)30-52(29-33,31-36)43-21-18-41(19-22-43)50-54-49(40-16-14-38(15-17-40)37-9-5-3-6-10-37)55-51(56-50)42-20-24-45-44-23-13-35(32-53)27-46(44)48(47(45)28-42)39-11-7-4-8-12-39/h3-24,27-28,33-34,36,48H,25-26,29-31H2,1-2H3/t33-,34+,36-,48?,52?. The first kappa shape index (κ1) is 34.3. The van der Waals surface area contributed by atoms with E-state index in [1.807, 2.05) is 12.1 Å². The van der Waals surface area contributed by atoms with Crippen LogP contribution in [0.1, 0.15) is 79.7 Å². The first-order valence-electron chi connectivity index (χ1n) is 20.2. The van der Waals surface area contributed by atoms with Crippen LogP contribution in [0.5, 0.6) is 0 Å². The third-order valence-corrected chi connectivity index (χ3v) is 12.8. The van der Waals surface area contributed by atoms with Gasteiger partial charge in [0.1, 0.15) is 0 Å². The first-order valence-corrected chi connectivity index (χ1v) is 20.2. The summed E-state index contributed by atoms with van der Waals surface area (Å²) in [6, 6.07) is 53.8. The number of hydrogen-bond acceptors (Lipinski definition) is 4. The van der Waals surface area contributed by atoms with Gasteiger partial charge in [-0.2, -0.15) is 5.26 Å². The summed E-state index contributed by atoms with van der Waals surface area (Å²) in [5.74, 6) is 4.33. The zero-order chi connectivity index (χ0) is 37.8. The van der Waals surface area contributed by atoms with Crippen molar-refractivity contribution in [3.8, 4) is 62.5 Å². The molecule has 5 atom stereocenters. The van der Waals surface area contributed by atoms with Crippen LogP contribution in [-0.4, -0.2) is 15.0 Å². The highest BCUT2D eigenvalue weighted by Gasteiger charge is 2.45. The molecule has 1 heterocycles. The molecule has 0 N–H and O–H groups in total. The Balaban J connectivity index is 1.08. The van der Waals surface area contributed by atoms with Crippen LogP contribution in [0.25, 0.3) is 56.4 Å². The molecular formula is C52H44N4. The van der Waals surface area contributed by atoms with E-state index in [-0.39, 0.29) is 11.3 Å². The maximum atomic E-state index is 9.82. The van der Waals surface area contributed by atoms with Gasteiger partial charge in [-0.15, -0.1) is 0 Å². The topological polar surface area (TPSA) is 62.5 Å². The summed E-state index contributed by atoms with van der Waals surface area (Å²) >= 11 is 0. The van der Waals surface area contributed by atoms with Crippen LogP contribution in [0.2, 0.25) is 0 Å². The molecule has 6 aromatic carbocycles. The van der Waals surface area contributed by atoms with Gasteiger partial charge in [-0.3, -0.25) is 0 Å². The van der Waals surface area contributed by atoms with Gasteiger partial charge >= 0.3 is 0 Å². The number of benzene rings is 6. The molecule has 0 amide bonds. The summed E-state index contributed by atoms with van der Waals surface area (Å²) in [5.41, 5.74) is 13.5. The van der Waals surface area contributed by atoms with E-state index >= 15 is 0 Å². The second-order valence-electron chi connectivity index (χ2n) is 16.8. The second kappa shape index (κ2) is 13.8. The summed E-state index contributed by atoms with van der Waals surface area (Å²) in [5, 5.41) is 9.82. The average Bonchev–Trinajstić information content (AvgIpc) is 3.56. The van der Waals surface area contributed by atoms with Gasteiger partial charge in [0.05, 0.1) is 11.6 Å². The molecule has 3 aliphatic carbocycles. The molecule has 4 nitrogen and oxygen atoms in total. The maximum absolute atomic E-state index is 9.82. The number of nitrogens with zero attached hydrogens (tertiary/aromatic N) is 4. The Hall–Kier alpha value is -6.18. The van der Waals surface area contributed by atoms with Crippen molar-refractivity contribution in [3.05, 3.63) is 173 Å². The molecule has 0 saturated heterocycles. The van der Waals surface area contributed by atoms with Crippen molar-refractivity contribution in [3.63, 3.8) is 0 Å². The molecule has 3 aliphatic rings. The van der Waals surface area contributed by atoms with E-state index in [0.717, 1.165) is 45.6 Å². The lowest BCUT2D eigenvalue weighted by molar-refractivity contribution is 0.0780. The van der Waals surface area contributed by atoms with Gasteiger partial charge in [0.15, 0.2) is 17.5 Å². The van der Waals surface area contributed by atoms with E-state index in [2.05, 4.69) is 153 Å². The highest BCUT2D eigenvalue weighted by molar-refractivity contribution is 5.84. The van der Waals surface area contributed by atoms with Gasteiger partial charge in [0, 0.05) is 22.6 Å². The van der Waals surface area contributed by atoms with Crippen LogP contribution in [-0.2, 0) is 5.41 Å². The van der Waals surface area contributed by atoms with Crippen molar-refractivity contribution in [1.82, 2.24) is 15.0 Å². The van der Waals surface area contributed by atoms with Crippen LogP contribution in [0.3, 0.4) is 0 Å². The largest absolute Gasteiger partial charge is 0.208 e. The molecule has 2 bridgehead atoms. The molecule has 7 aromatic rings. The maximum Gasteiger partial charge on any atom is 0.164 e. The van der Waals surface area contributed by atoms with Gasteiger partial charge in [0.25, 0.3) is 0 Å². The molecule has 272 valence electrons. The highest BCUT2D eigenvalue weighted by Crippen LogP contribution is 2.54. The van der Waals surface area contributed by atoms with Gasteiger partial charge in [-0.25, -0.2) is 15.0 Å². The highest BCUT2D eigenvalue weighted by atomic mass is 15.0. The predicted molar refractivity (Wildman–Crippen MR) is 226 cm³/mol. The van der Waals surface area contributed by atoms with E-state index in [9.17, 15) is 5.26 Å². The van der Waals surface area contributed by atoms with Gasteiger partial charge in [-0.05, 0) is 118 Å². The van der Waals surface area contributed by atoms with E-state index in [0.29, 0.717) is 23.0 Å². The summed E-state index contributed by atoms with van der Waals surface area (Å²) in [6.45, 7) is 4.91.